The van der Waals surface area contributed by atoms with E-state index in [2.05, 4.69) is 10.3 Å². The van der Waals surface area contributed by atoms with Crippen molar-refractivity contribution in [1.82, 2.24) is 15.2 Å². The molecule has 1 aromatic carbocycles. The number of likely N-dealkylation sites (tertiary alicyclic amines) is 1. The lowest BCUT2D eigenvalue weighted by molar-refractivity contribution is -0.135. The molecule has 0 aliphatic carbocycles. The van der Waals surface area contributed by atoms with Gasteiger partial charge in [-0.05, 0) is 54.1 Å². The number of carbonyl (C=O) groups excluding carboxylic acids is 2. The van der Waals surface area contributed by atoms with E-state index in [4.69, 9.17) is 0 Å². The molecule has 31 heavy (non-hydrogen) atoms. The Morgan fingerprint density at radius 1 is 1.10 bits per heavy atom. The summed E-state index contributed by atoms with van der Waals surface area (Å²) < 4.78 is 13.4. The number of hydrogen-bond donors (Lipinski definition) is 1. The molecule has 1 saturated heterocycles. The van der Waals surface area contributed by atoms with Crippen molar-refractivity contribution in [2.24, 2.45) is 5.92 Å². The first-order valence-corrected chi connectivity index (χ1v) is 11.2. The van der Waals surface area contributed by atoms with E-state index in [0.717, 1.165) is 10.4 Å². The van der Waals surface area contributed by atoms with Gasteiger partial charge in [0.15, 0.2) is 0 Å². The van der Waals surface area contributed by atoms with Crippen LogP contribution in [0.3, 0.4) is 0 Å². The van der Waals surface area contributed by atoms with Crippen molar-refractivity contribution in [3.05, 3.63) is 88.1 Å². The van der Waals surface area contributed by atoms with Gasteiger partial charge in [-0.2, -0.15) is 0 Å². The molecule has 5 nitrogen and oxygen atoms in total. The predicted molar refractivity (Wildman–Crippen MR) is 118 cm³/mol. The summed E-state index contributed by atoms with van der Waals surface area (Å²) in [4.78, 5) is 32.8. The number of pyridine rings is 1. The minimum absolute atomic E-state index is 0.0645. The van der Waals surface area contributed by atoms with Crippen LogP contribution < -0.4 is 5.32 Å². The third-order valence-electron chi connectivity index (χ3n) is 5.60. The Morgan fingerprint density at radius 3 is 2.52 bits per heavy atom. The Kier molecular flexibility index (Phi) is 6.72. The van der Waals surface area contributed by atoms with Crippen LogP contribution in [-0.2, 0) is 16.0 Å². The fourth-order valence-corrected chi connectivity index (χ4v) is 4.55. The van der Waals surface area contributed by atoms with Gasteiger partial charge >= 0.3 is 0 Å². The fraction of sp³-hybridized carbons (Fsp3) is 0.292. The minimum Gasteiger partial charge on any atom is -0.343 e. The van der Waals surface area contributed by atoms with E-state index in [1.165, 1.54) is 12.1 Å². The third-order valence-corrected chi connectivity index (χ3v) is 6.47. The molecular formula is C24H24FN3O2S. The summed E-state index contributed by atoms with van der Waals surface area (Å²) in [5, 5.41) is 5.06. The van der Waals surface area contributed by atoms with Crippen molar-refractivity contribution in [2.75, 3.05) is 13.1 Å². The second-order valence-electron chi connectivity index (χ2n) is 7.66. The average Bonchev–Trinajstić information content (AvgIpc) is 3.32. The van der Waals surface area contributed by atoms with Crippen molar-refractivity contribution in [1.29, 1.82) is 0 Å². The highest BCUT2D eigenvalue weighted by atomic mass is 32.1. The molecule has 7 heteroatoms. The number of aromatic nitrogens is 1. The molecule has 2 amide bonds. The summed E-state index contributed by atoms with van der Waals surface area (Å²) in [6.07, 6.45) is 3.34. The number of amides is 2. The van der Waals surface area contributed by atoms with Crippen molar-refractivity contribution in [3.8, 4) is 0 Å². The van der Waals surface area contributed by atoms with Gasteiger partial charge in [-0.1, -0.05) is 24.3 Å². The average molecular weight is 438 g/mol. The normalized spacial score (nSPS) is 15.5. The SMILES string of the molecule is O=C(NC(c1ccc(F)cc1)c1ccccn1)C1CCN(C(=O)Cc2cccs2)CC1. The molecule has 0 saturated carbocycles. The van der Waals surface area contributed by atoms with Crippen LogP contribution in [0.4, 0.5) is 4.39 Å². The third kappa shape index (κ3) is 5.35. The van der Waals surface area contributed by atoms with Gasteiger partial charge in [-0.25, -0.2) is 4.39 Å². The van der Waals surface area contributed by atoms with E-state index >= 15 is 0 Å². The topological polar surface area (TPSA) is 62.3 Å². The van der Waals surface area contributed by atoms with E-state index in [0.29, 0.717) is 38.0 Å². The minimum atomic E-state index is -0.451. The van der Waals surface area contributed by atoms with Crippen LogP contribution in [-0.4, -0.2) is 34.8 Å². The summed E-state index contributed by atoms with van der Waals surface area (Å²) in [5.74, 6) is -0.448. The molecule has 0 bridgehead atoms. The lowest BCUT2D eigenvalue weighted by atomic mass is 9.94. The molecule has 0 radical (unpaired) electrons. The second kappa shape index (κ2) is 9.83. The Morgan fingerprint density at radius 2 is 1.87 bits per heavy atom. The van der Waals surface area contributed by atoms with Crippen LogP contribution in [0.25, 0.3) is 0 Å². The van der Waals surface area contributed by atoms with Crippen molar-refractivity contribution in [2.45, 2.75) is 25.3 Å². The molecule has 1 aliphatic rings. The molecule has 3 heterocycles. The Hall–Kier alpha value is -3.06. The predicted octanol–water partition coefficient (Wildman–Crippen LogP) is 3.97. The van der Waals surface area contributed by atoms with Crippen molar-refractivity contribution in [3.63, 3.8) is 0 Å². The number of nitrogens with zero attached hydrogens (tertiary/aromatic N) is 2. The summed E-state index contributed by atoms with van der Waals surface area (Å²) in [7, 11) is 0. The number of rotatable bonds is 6. The first kappa shape index (κ1) is 21.2. The number of piperidine rings is 1. The molecule has 0 spiro atoms. The number of carbonyl (C=O) groups is 2. The zero-order valence-electron chi connectivity index (χ0n) is 17.0. The zero-order chi connectivity index (χ0) is 21.6. The molecule has 3 aromatic rings. The van der Waals surface area contributed by atoms with E-state index in [-0.39, 0.29) is 23.5 Å². The molecule has 1 fully saturated rings. The summed E-state index contributed by atoms with van der Waals surface area (Å²) in [6.45, 7) is 1.15. The summed E-state index contributed by atoms with van der Waals surface area (Å²) >= 11 is 1.58. The van der Waals surface area contributed by atoms with Gasteiger partial charge < -0.3 is 10.2 Å². The van der Waals surface area contributed by atoms with Crippen LogP contribution in [0, 0.1) is 11.7 Å². The monoisotopic (exact) mass is 437 g/mol. The molecular weight excluding hydrogens is 413 g/mol. The fourth-order valence-electron chi connectivity index (χ4n) is 3.86. The lowest BCUT2D eigenvalue weighted by Gasteiger charge is -2.32. The highest BCUT2D eigenvalue weighted by Crippen LogP contribution is 2.24. The first-order chi connectivity index (χ1) is 15.1. The Labute approximate surface area is 184 Å². The maximum Gasteiger partial charge on any atom is 0.227 e. The van der Waals surface area contributed by atoms with Gasteiger partial charge in [-0.15, -0.1) is 11.3 Å². The standard InChI is InChI=1S/C24H24FN3O2S/c25-19-8-6-17(7-9-19)23(21-5-1-2-12-26-21)27-24(30)18-10-13-28(14-11-18)22(29)16-20-4-3-15-31-20/h1-9,12,15,18,23H,10-11,13-14,16H2,(H,27,30). The van der Waals surface area contributed by atoms with E-state index in [1.54, 1.807) is 29.7 Å². The van der Waals surface area contributed by atoms with Gasteiger partial charge in [0.25, 0.3) is 0 Å². The van der Waals surface area contributed by atoms with Crippen LogP contribution in [0.15, 0.2) is 66.2 Å². The zero-order valence-corrected chi connectivity index (χ0v) is 17.9. The van der Waals surface area contributed by atoms with Crippen molar-refractivity contribution >= 4 is 23.2 Å². The highest BCUT2D eigenvalue weighted by molar-refractivity contribution is 7.10. The number of benzene rings is 1. The van der Waals surface area contributed by atoms with Gasteiger partial charge in [-0.3, -0.25) is 14.6 Å². The maximum absolute atomic E-state index is 13.4. The molecule has 1 unspecified atom stereocenters. The number of halogens is 1. The first-order valence-electron chi connectivity index (χ1n) is 10.4. The molecule has 160 valence electrons. The van der Waals surface area contributed by atoms with Gasteiger partial charge in [0.1, 0.15) is 5.82 Å². The highest BCUT2D eigenvalue weighted by Gasteiger charge is 2.29. The second-order valence-corrected chi connectivity index (χ2v) is 8.69. The van der Waals surface area contributed by atoms with E-state index in [1.807, 2.05) is 40.6 Å². The molecule has 2 aromatic heterocycles. The van der Waals surface area contributed by atoms with E-state index in [9.17, 15) is 14.0 Å². The largest absolute Gasteiger partial charge is 0.343 e. The summed E-state index contributed by atoms with van der Waals surface area (Å²) in [6, 6.07) is 15.1. The quantitative estimate of drug-likeness (QED) is 0.635. The van der Waals surface area contributed by atoms with Crippen LogP contribution >= 0.6 is 11.3 Å². The number of nitrogens with one attached hydrogen (secondary N) is 1. The smallest absolute Gasteiger partial charge is 0.227 e. The van der Waals surface area contributed by atoms with E-state index < -0.39 is 6.04 Å². The molecule has 1 aliphatic heterocycles. The van der Waals surface area contributed by atoms with Gasteiger partial charge in [0.05, 0.1) is 18.2 Å². The van der Waals surface area contributed by atoms with Crippen LogP contribution in [0.1, 0.15) is 35.0 Å². The van der Waals surface area contributed by atoms with Gasteiger partial charge in [0.2, 0.25) is 11.8 Å². The Balaban J connectivity index is 1.39. The molecule has 1 N–H and O–H groups in total. The Bertz CT molecular complexity index is 1000. The number of hydrogen-bond acceptors (Lipinski definition) is 4. The lowest BCUT2D eigenvalue weighted by Crippen LogP contribution is -2.44. The van der Waals surface area contributed by atoms with Crippen LogP contribution in [0.2, 0.25) is 0 Å². The molecule has 1 atom stereocenters. The van der Waals surface area contributed by atoms with Gasteiger partial charge in [0, 0.05) is 30.1 Å². The summed E-state index contributed by atoms with van der Waals surface area (Å²) in [5.41, 5.74) is 1.48. The maximum atomic E-state index is 13.4. The molecule has 4 rings (SSSR count). The van der Waals surface area contributed by atoms with Crippen LogP contribution in [0.5, 0.6) is 0 Å². The number of thiophene rings is 1. The van der Waals surface area contributed by atoms with Crippen molar-refractivity contribution < 1.29 is 14.0 Å².